The van der Waals surface area contributed by atoms with Gasteiger partial charge in [-0.25, -0.2) is 0 Å². The lowest BCUT2D eigenvalue weighted by Gasteiger charge is -2.13. The molecule has 0 aromatic heterocycles. The first-order valence-corrected chi connectivity index (χ1v) is 8.71. The number of carbonyl (C=O) groups excluding carboxylic acids is 3. The van der Waals surface area contributed by atoms with Gasteiger partial charge in [0.25, 0.3) is 5.91 Å². The largest absolute Gasteiger partial charge is 0.369 e. The predicted molar refractivity (Wildman–Crippen MR) is 95.2 cm³/mol. The van der Waals surface area contributed by atoms with Crippen LogP contribution in [0.1, 0.15) is 60.9 Å². The SMILES string of the molecule is CCc1ccc(CC2C(=O)c3cc4c(cc3C2=O)C(O)N(C)C4=O)cc1. The fourth-order valence-corrected chi connectivity index (χ4v) is 3.76. The molecule has 26 heavy (non-hydrogen) atoms. The third kappa shape index (κ3) is 2.31. The van der Waals surface area contributed by atoms with Crippen LogP contribution in [0.2, 0.25) is 0 Å². The van der Waals surface area contributed by atoms with E-state index in [4.69, 9.17) is 0 Å². The van der Waals surface area contributed by atoms with Crippen molar-refractivity contribution in [2.24, 2.45) is 5.92 Å². The molecule has 0 bridgehead atoms. The Morgan fingerprint density at radius 3 is 2.12 bits per heavy atom. The van der Waals surface area contributed by atoms with Crippen molar-refractivity contribution < 1.29 is 19.5 Å². The van der Waals surface area contributed by atoms with Crippen LogP contribution < -0.4 is 0 Å². The predicted octanol–water partition coefficient (Wildman–Crippen LogP) is 2.56. The second kappa shape index (κ2) is 5.88. The molecule has 1 N–H and O–H groups in total. The highest BCUT2D eigenvalue weighted by Crippen LogP contribution is 2.37. The summed E-state index contributed by atoms with van der Waals surface area (Å²) in [6.45, 7) is 2.07. The molecule has 5 heteroatoms. The van der Waals surface area contributed by atoms with Gasteiger partial charge in [0, 0.05) is 29.3 Å². The number of rotatable bonds is 3. The molecule has 1 aliphatic heterocycles. The van der Waals surface area contributed by atoms with E-state index in [9.17, 15) is 19.5 Å². The fraction of sp³-hybridized carbons (Fsp3) is 0.286. The van der Waals surface area contributed by atoms with Crippen LogP contribution >= 0.6 is 0 Å². The first-order valence-electron chi connectivity index (χ1n) is 8.71. The van der Waals surface area contributed by atoms with Crippen LogP contribution in [0.15, 0.2) is 36.4 Å². The zero-order chi connectivity index (χ0) is 18.6. The lowest BCUT2D eigenvalue weighted by atomic mass is 9.94. The molecule has 2 aromatic carbocycles. The van der Waals surface area contributed by atoms with Crippen LogP contribution in [-0.4, -0.2) is 34.5 Å². The molecule has 0 saturated heterocycles. The quantitative estimate of drug-likeness (QED) is 0.864. The summed E-state index contributed by atoms with van der Waals surface area (Å²) < 4.78 is 0. The van der Waals surface area contributed by atoms with Gasteiger partial charge in [0.1, 0.15) is 0 Å². The molecule has 2 aliphatic rings. The van der Waals surface area contributed by atoms with Crippen molar-refractivity contribution in [3.8, 4) is 0 Å². The Bertz CT molecular complexity index is 945. The second-order valence-electron chi connectivity index (χ2n) is 6.93. The molecule has 2 atom stereocenters. The molecule has 132 valence electrons. The third-order valence-electron chi connectivity index (χ3n) is 5.42. The average molecular weight is 349 g/mol. The van der Waals surface area contributed by atoms with E-state index in [1.165, 1.54) is 29.6 Å². The monoisotopic (exact) mass is 349 g/mol. The van der Waals surface area contributed by atoms with Crippen molar-refractivity contribution in [2.45, 2.75) is 26.0 Å². The summed E-state index contributed by atoms with van der Waals surface area (Å²) in [5.74, 6) is -1.58. The first-order chi connectivity index (χ1) is 12.4. The second-order valence-corrected chi connectivity index (χ2v) is 6.93. The number of hydrogen-bond acceptors (Lipinski definition) is 4. The van der Waals surface area contributed by atoms with Gasteiger partial charge < -0.3 is 10.0 Å². The summed E-state index contributed by atoms with van der Waals surface area (Å²) in [5, 5.41) is 10.2. The molecule has 2 aromatic rings. The van der Waals surface area contributed by atoms with E-state index in [1.807, 2.05) is 24.3 Å². The average Bonchev–Trinajstić information content (AvgIpc) is 3.02. The topological polar surface area (TPSA) is 74.7 Å². The van der Waals surface area contributed by atoms with E-state index in [0.29, 0.717) is 28.7 Å². The minimum absolute atomic E-state index is 0.235. The van der Waals surface area contributed by atoms with Crippen molar-refractivity contribution in [1.82, 2.24) is 4.90 Å². The standard InChI is InChI=1S/C21H19NO4/c1-3-11-4-6-12(7-5-11)8-17-18(23)13-9-15-16(10-14(13)19(17)24)21(26)22(2)20(15)25/h4-7,9-10,17,20,25H,3,8H2,1-2H3. The molecule has 1 amide bonds. The van der Waals surface area contributed by atoms with E-state index in [-0.39, 0.29) is 17.5 Å². The normalized spacial score (nSPS) is 21.3. The first kappa shape index (κ1) is 16.7. The minimum atomic E-state index is -1.08. The zero-order valence-electron chi connectivity index (χ0n) is 14.7. The highest BCUT2D eigenvalue weighted by Gasteiger charge is 2.42. The summed E-state index contributed by atoms with van der Waals surface area (Å²) >= 11 is 0. The Kier molecular flexibility index (Phi) is 3.77. The number of aryl methyl sites for hydroxylation is 1. The van der Waals surface area contributed by atoms with Gasteiger partial charge >= 0.3 is 0 Å². The molecule has 0 fully saturated rings. The van der Waals surface area contributed by atoms with Crippen molar-refractivity contribution >= 4 is 17.5 Å². The lowest BCUT2D eigenvalue weighted by molar-refractivity contribution is 0.0301. The number of aliphatic hydroxyl groups is 1. The number of fused-ring (bicyclic) bond motifs is 2. The zero-order valence-corrected chi connectivity index (χ0v) is 14.7. The van der Waals surface area contributed by atoms with Crippen molar-refractivity contribution in [2.75, 3.05) is 7.05 Å². The molecule has 0 saturated carbocycles. The summed E-state index contributed by atoms with van der Waals surface area (Å²) in [6, 6.07) is 10.9. The minimum Gasteiger partial charge on any atom is -0.369 e. The maximum Gasteiger partial charge on any atom is 0.256 e. The molecule has 0 radical (unpaired) electrons. The summed E-state index contributed by atoms with van der Waals surface area (Å²) in [6.07, 6.45) is 0.201. The van der Waals surface area contributed by atoms with Gasteiger partial charge in [-0.2, -0.15) is 0 Å². The third-order valence-corrected chi connectivity index (χ3v) is 5.42. The Balaban J connectivity index is 1.68. The van der Waals surface area contributed by atoms with Gasteiger partial charge in [-0.15, -0.1) is 0 Å². The van der Waals surface area contributed by atoms with Crippen LogP contribution in [-0.2, 0) is 12.8 Å². The van der Waals surface area contributed by atoms with E-state index < -0.39 is 12.1 Å². The number of hydrogen-bond donors (Lipinski definition) is 1. The van der Waals surface area contributed by atoms with E-state index in [2.05, 4.69) is 6.92 Å². The van der Waals surface area contributed by atoms with Crippen LogP contribution in [0, 0.1) is 5.92 Å². The molecule has 1 heterocycles. The van der Waals surface area contributed by atoms with Gasteiger partial charge in [-0.05, 0) is 36.1 Å². The molecular weight excluding hydrogens is 330 g/mol. The fourth-order valence-electron chi connectivity index (χ4n) is 3.76. The number of aliphatic hydroxyl groups excluding tert-OH is 1. The summed E-state index contributed by atoms with van der Waals surface area (Å²) in [7, 11) is 1.49. The van der Waals surface area contributed by atoms with Crippen LogP contribution in [0.3, 0.4) is 0 Å². The van der Waals surface area contributed by atoms with Gasteiger partial charge in [-0.1, -0.05) is 31.2 Å². The number of nitrogens with zero attached hydrogens (tertiary/aromatic N) is 1. The van der Waals surface area contributed by atoms with Crippen molar-refractivity contribution in [3.63, 3.8) is 0 Å². The van der Waals surface area contributed by atoms with Gasteiger partial charge in [0.2, 0.25) is 0 Å². The molecule has 5 nitrogen and oxygen atoms in total. The van der Waals surface area contributed by atoms with Gasteiger partial charge in [0.15, 0.2) is 17.8 Å². The van der Waals surface area contributed by atoms with Crippen LogP contribution in [0.25, 0.3) is 0 Å². The smallest absolute Gasteiger partial charge is 0.256 e. The van der Waals surface area contributed by atoms with E-state index in [0.717, 1.165) is 12.0 Å². The van der Waals surface area contributed by atoms with Crippen molar-refractivity contribution in [1.29, 1.82) is 0 Å². The highest BCUT2D eigenvalue weighted by atomic mass is 16.3. The van der Waals surface area contributed by atoms with E-state index in [1.54, 1.807) is 0 Å². The number of ketones is 2. The maximum atomic E-state index is 12.8. The number of carbonyl (C=O) groups is 3. The van der Waals surface area contributed by atoms with Crippen LogP contribution in [0.4, 0.5) is 0 Å². The molecule has 4 rings (SSSR count). The van der Waals surface area contributed by atoms with Crippen LogP contribution in [0.5, 0.6) is 0 Å². The van der Waals surface area contributed by atoms with Gasteiger partial charge in [-0.3, -0.25) is 14.4 Å². The van der Waals surface area contributed by atoms with E-state index >= 15 is 0 Å². The number of Topliss-reactive ketones (excluding diaryl/α,β-unsaturated/α-hetero) is 2. The summed E-state index contributed by atoms with van der Waals surface area (Å²) in [5.41, 5.74) is 3.43. The Hall–Kier alpha value is -2.79. The molecule has 2 unspecified atom stereocenters. The molecular formula is C21H19NO4. The molecule has 0 spiro atoms. The van der Waals surface area contributed by atoms with Crippen molar-refractivity contribution in [3.05, 3.63) is 69.8 Å². The Morgan fingerprint density at radius 2 is 1.50 bits per heavy atom. The summed E-state index contributed by atoms with van der Waals surface area (Å²) in [4.78, 5) is 39.0. The maximum absolute atomic E-state index is 12.8. The Morgan fingerprint density at radius 1 is 0.923 bits per heavy atom. The Labute approximate surface area is 151 Å². The lowest BCUT2D eigenvalue weighted by Crippen LogP contribution is -2.22. The highest BCUT2D eigenvalue weighted by molar-refractivity contribution is 6.27. The number of amides is 1. The number of benzene rings is 2. The van der Waals surface area contributed by atoms with Gasteiger partial charge in [0.05, 0.1) is 5.92 Å². The molecule has 1 aliphatic carbocycles.